The Kier molecular flexibility index (Phi) is 5.45. The van der Waals surface area contributed by atoms with Gasteiger partial charge in [-0.15, -0.1) is 0 Å². The minimum atomic E-state index is -5.23. The average Bonchev–Trinajstić information content (AvgIpc) is 3.37. The van der Waals surface area contributed by atoms with Gasteiger partial charge in [-0.05, 0) is 49.9 Å². The lowest BCUT2D eigenvalue weighted by Gasteiger charge is -2.43. The molecule has 1 saturated heterocycles. The van der Waals surface area contributed by atoms with Crippen LogP contribution >= 0.6 is 0 Å². The molecule has 0 radical (unpaired) electrons. The van der Waals surface area contributed by atoms with Crippen molar-refractivity contribution in [1.82, 2.24) is 14.9 Å². The third kappa shape index (κ3) is 3.95. The Morgan fingerprint density at radius 3 is 2.23 bits per heavy atom. The van der Waals surface area contributed by atoms with E-state index in [1.807, 2.05) is 0 Å². The van der Waals surface area contributed by atoms with Crippen LogP contribution in [0.4, 0.5) is 13.2 Å². The molecule has 0 spiro atoms. The zero-order valence-electron chi connectivity index (χ0n) is 15.0. The normalized spacial score (nSPS) is 25.6. The van der Waals surface area contributed by atoms with Gasteiger partial charge in [0.25, 0.3) is 0 Å². The number of hydrogen-bond donors (Lipinski definition) is 2. The monoisotopic (exact) mass is 396 g/mol. The van der Waals surface area contributed by atoms with Gasteiger partial charge >= 0.3 is 15.5 Å². The number of piperidine rings is 1. The van der Waals surface area contributed by atoms with Crippen LogP contribution in [-0.2, 0) is 10.0 Å². The van der Waals surface area contributed by atoms with Crippen molar-refractivity contribution in [3.8, 4) is 0 Å². The number of guanidine groups is 1. The summed E-state index contributed by atoms with van der Waals surface area (Å²) < 4.78 is 61.3. The summed E-state index contributed by atoms with van der Waals surface area (Å²) in [5.74, 6) is 1.46. The number of aliphatic imine (C=N–C) groups is 1. The van der Waals surface area contributed by atoms with Gasteiger partial charge in [0.05, 0.1) is 0 Å². The summed E-state index contributed by atoms with van der Waals surface area (Å²) >= 11 is 0. The molecule has 1 heterocycles. The predicted octanol–water partition coefficient (Wildman–Crippen LogP) is 2.05. The maximum Gasteiger partial charge on any atom is 0.511 e. The number of rotatable bonds is 5. The van der Waals surface area contributed by atoms with Gasteiger partial charge in [0.15, 0.2) is 5.96 Å². The van der Waals surface area contributed by atoms with Crippen LogP contribution in [0.5, 0.6) is 0 Å². The largest absolute Gasteiger partial charge is 0.511 e. The fourth-order valence-corrected chi connectivity index (χ4v) is 5.07. The van der Waals surface area contributed by atoms with Gasteiger partial charge in [0.2, 0.25) is 0 Å². The Morgan fingerprint density at radius 2 is 1.81 bits per heavy atom. The Labute approximate surface area is 152 Å². The molecule has 3 aliphatic rings. The first-order chi connectivity index (χ1) is 12.2. The van der Waals surface area contributed by atoms with Gasteiger partial charge in [0.1, 0.15) is 0 Å². The van der Waals surface area contributed by atoms with E-state index in [-0.39, 0.29) is 19.1 Å². The summed E-state index contributed by atoms with van der Waals surface area (Å²) in [5, 5.41) is 6.61. The zero-order chi connectivity index (χ0) is 19.0. The molecular formula is C16H27F3N4O2S. The summed E-state index contributed by atoms with van der Waals surface area (Å²) in [6, 6.07) is -0.0841. The SMILES string of the molecule is CN=C(NCC1(C2CC2)CCC1)NC1CCN(S(=O)(=O)C(F)(F)F)CC1. The maximum absolute atomic E-state index is 12.6. The summed E-state index contributed by atoms with van der Waals surface area (Å²) in [6.07, 6.45) is 7.02. The van der Waals surface area contributed by atoms with Crippen LogP contribution in [0.2, 0.25) is 0 Å². The molecule has 2 N–H and O–H groups in total. The highest BCUT2D eigenvalue weighted by atomic mass is 32.2. The maximum atomic E-state index is 12.6. The third-order valence-electron chi connectivity index (χ3n) is 6.05. The average molecular weight is 396 g/mol. The zero-order valence-corrected chi connectivity index (χ0v) is 15.8. The van der Waals surface area contributed by atoms with Gasteiger partial charge in [-0.3, -0.25) is 4.99 Å². The molecule has 10 heteroatoms. The Bertz CT molecular complexity index is 634. The lowest BCUT2D eigenvalue weighted by atomic mass is 9.65. The van der Waals surface area contributed by atoms with Crippen molar-refractivity contribution in [2.75, 3.05) is 26.7 Å². The van der Waals surface area contributed by atoms with Gasteiger partial charge < -0.3 is 10.6 Å². The molecule has 2 saturated carbocycles. The van der Waals surface area contributed by atoms with Crippen LogP contribution in [-0.4, -0.2) is 56.9 Å². The van der Waals surface area contributed by atoms with Crippen molar-refractivity contribution in [3.63, 3.8) is 0 Å². The van der Waals surface area contributed by atoms with Crippen LogP contribution < -0.4 is 10.6 Å². The number of halogens is 3. The quantitative estimate of drug-likeness (QED) is 0.551. The van der Waals surface area contributed by atoms with E-state index >= 15 is 0 Å². The van der Waals surface area contributed by atoms with Gasteiger partial charge in [-0.1, -0.05) is 6.42 Å². The van der Waals surface area contributed by atoms with Crippen molar-refractivity contribution in [3.05, 3.63) is 0 Å². The fourth-order valence-electron chi connectivity index (χ4n) is 4.09. The van der Waals surface area contributed by atoms with E-state index in [4.69, 9.17) is 0 Å². The van der Waals surface area contributed by atoms with Crippen molar-refractivity contribution < 1.29 is 21.6 Å². The molecule has 0 bridgehead atoms. The molecule has 0 aromatic heterocycles. The minimum absolute atomic E-state index is 0.0841. The first-order valence-electron chi connectivity index (χ1n) is 9.21. The first kappa shape index (κ1) is 19.7. The molecule has 26 heavy (non-hydrogen) atoms. The molecule has 0 aromatic rings. The second-order valence-corrected chi connectivity index (χ2v) is 9.61. The lowest BCUT2D eigenvalue weighted by Crippen LogP contribution is -2.53. The highest BCUT2D eigenvalue weighted by Gasteiger charge is 2.51. The van der Waals surface area contributed by atoms with E-state index in [0.717, 1.165) is 12.5 Å². The standard InChI is InChI=1S/C16H27F3N4O2S/c1-20-14(21-11-15(7-2-8-15)12-3-4-12)22-13-5-9-23(10-6-13)26(24,25)16(17,18)19/h12-13H,2-11H2,1H3,(H2,20,21,22). The smallest absolute Gasteiger partial charge is 0.356 e. The molecule has 0 unspecified atom stereocenters. The second kappa shape index (κ2) is 7.18. The number of sulfonamides is 1. The molecule has 150 valence electrons. The van der Waals surface area contributed by atoms with Crippen LogP contribution in [0.3, 0.4) is 0 Å². The topological polar surface area (TPSA) is 73.8 Å². The molecule has 3 rings (SSSR count). The Hall–Kier alpha value is -1.03. The molecule has 2 aliphatic carbocycles. The van der Waals surface area contributed by atoms with Crippen molar-refractivity contribution >= 4 is 16.0 Å². The van der Waals surface area contributed by atoms with Gasteiger partial charge in [-0.25, -0.2) is 8.42 Å². The van der Waals surface area contributed by atoms with Crippen molar-refractivity contribution in [2.45, 2.75) is 56.5 Å². The van der Waals surface area contributed by atoms with E-state index in [9.17, 15) is 21.6 Å². The number of hydrogen-bond acceptors (Lipinski definition) is 3. The highest BCUT2D eigenvalue weighted by Crippen LogP contribution is 2.56. The highest BCUT2D eigenvalue weighted by molar-refractivity contribution is 7.90. The predicted molar refractivity (Wildman–Crippen MR) is 93.1 cm³/mol. The van der Waals surface area contributed by atoms with E-state index in [2.05, 4.69) is 15.6 Å². The van der Waals surface area contributed by atoms with E-state index in [1.165, 1.54) is 32.1 Å². The summed E-state index contributed by atoms with van der Waals surface area (Å²) in [7, 11) is -3.56. The lowest BCUT2D eigenvalue weighted by molar-refractivity contribution is -0.0494. The van der Waals surface area contributed by atoms with Crippen molar-refractivity contribution in [1.29, 1.82) is 0 Å². The Morgan fingerprint density at radius 1 is 1.19 bits per heavy atom. The Balaban J connectivity index is 1.47. The molecule has 1 aliphatic heterocycles. The molecule has 3 fully saturated rings. The van der Waals surface area contributed by atoms with Crippen LogP contribution in [0.15, 0.2) is 4.99 Å². The van der Waals surface area contributed by atoms with E-state index in [1.54, 1.807) is 7.05 Å². The fraction of sp³-hybridized carbons (Fsp3) is 0.938. The summed E-state index contributed by atoms with van der Waals surface area (Å²) in [6.45, 7) is 0.601. The van der Waals surface area contributed by atoms with Crippen molar-refractivity contribution in [2.24, 2.45) is 16.3 Å². The minimum Gasteiger partial charge on any atom is -0.356 e. The van der Waals surface area contributed by atoms with E-state index < -0.39 is 15.5 Å². The number of nitrogens with one attached hydrogen (secondary N) is 2. The summed E-state index contributed by atoms with van der Waals surface area (Å²) in [5.41, 5.74) is -4.84. The summed E-state index contributed by atoms with van der Waals surface area (Å²) in [4.78, 5) is 4.21. The second-order valence-electron chi connectivity index (χ2n) is 7.68. The molecule has 6 nitrogen and oxygen atoms in total. The molecule has 0 amide bonds. The van der Waals surface area contributed by atoms with Gasteiger partial charge in [-0.2, -0.15) is 17.5 Å². The van der Waals surface area contributed by atoms with Crippen LogP contribution in [0, 0.1) is 11.3 Å². The molecular weight excluding hydrogens is 369 g/mol. The van der Waals surface area contributed by atoms with Crippen LogP contribution in [0.25, 0.3) is 0 Å². The van der Waals surface area contributed by atoms with Gasteiger partial charge in [0, 0.05) is 32.7 Å². The molecule has 0 aromatic carbocycles. The van der Waals surface area contributed by atoms with Crippen LogP contribution in [0.1, 0.15) is 44.9 Å². The third-order valence-corrected chi connectivity index (χ3v) is 7.68. The molecule has 0 atom stereocenters. The number of alkyl halides is 3. The number of nitrogens with zero attached hydrogens (tertiary/aromatic N) is 2. The first-order valence-corrected chi connectivity index (χ1v) is 10.7. The van der Waals surface area contributed by atoms with E-state index in [0.29, 0.717) is 28.5 Å².